The molecule has 0 rings (SSSR count). The molecule has 1 N–H and O–H groups in total. The van der Waals surface area contributed by atoms with Crippen molar-refractivity contribution in [3.8, 4) is 0 Å². The summed E-state index contributed by atoms with van der Waals surface area (Å²) in [5, 5.41) is 2.57. The zero-order valence-corrected chi connectivity index (χ0v) is 7.16. The standard InChI is InChI=1S/C6H13NO2S/c1-4-9-6(8)7-5-10(2)3/h2,4-5H2,1,3H3,(H,7,8). The van der Waals surface area contributed by atoms with E-state index in [0.29, 0.717) is 12.5 Å². The second-order valence-electron chi connectivity index (χ2n) is 1.82. The van der Waals surface area contributed by atoms with Crippen LogP contribution in [0, 0.1) is 0 Å². The fraction of sp³-hybridized carbons (Fsp3) is 0.667. The van der Waals surface area contributed by atoms with Crippen molar-refractivity contribution in [1.29, 1.82) is 0 Å². The molecule has 0 heterocycles. The molecule has 0 aliphatic rings. The molecule has 0 aliphatic carbocycles. The summed E-state index contributed by atoms with van der Waals surface area (Å²) < 4.78 is 4.62. The molecule has 0 spiro atoms. The zero-order chi connectivity index (χ0) is 7.98. The Balaban J connectivity index is 3.30. The van der Waals surface area contributed by atoms with Crippen LogP contribution in [0.2, 0.25) is 0 Å². The van der Waals surface area contributed by atoms with Gasteiger partial charge in [-0.1, -0.05) is 5.87 Å². The number of hydrogen-bond acceptors (Lipinski definition) is 2. The molecular formula is C6H13NO2S. The number of rotatable bonds is 3. The topological polar surface area (TPSA) is 38.3 Å². The minimum Gasteiger partial charge on any atom is -0.450 e. The number of ether oxygens (including phenoxy) is 1. The third-order valence-electron chi connectivity index (χ3n) is 0.738. The van der Waals surface area contributed by atoms with Crippen molar-refractivity contribution in [1.82, 2.24) is 5.32 Å². The Labute approximate surface area is 63.7 Å². The maximum Gasteiger partial charge on any atom is 0.407 e. The lowest BCUT2D eigenvalue weighted by Gasteiger charge is -2.03. The van der Waals surface area contributed by atoms with Crippen molar-refractivity contribution in [3.63, 3.8) is 0 Å². The van der Waals surface area contributed by atoms with Crippen LogP contribution in [-0.4, -0.2) is 30.7 Å². The lowest BCUT2D eigenvalue weighted by Crippen LogP contribution is -2.23. The van der Waals surface area contributed by atoms with Crippen LogP contribution in [0.1, 0.15) is 6.92 Å². The highest BCUT2D eigenvalue weighted by molar-refractivity contribution is 8.13. The van der Waals surface area contributed by atoms with Crippen LogP contribution in [0.5, 0.6) is 0 Å². The van der Waals surface area contributed by atoms with E-state index in [1.807, 2.05) is 6.26 Å². The molecule has 0 saturated carbocycles. The molecule has 3 nitrogen and oxygen atoms in total. The van der Waals surface area contributed by atoms with E-state index in [9.17, 15) is 4.79 Å². The van der Waals surface area contributed by atoms with Gasteiger partial charge in [0.05, 0.1) is 12.5 Å². The Morgan fingerprint density at radius 2 is 2.40 bits per heavy atom. The third-order valence-corrected chi connectivity index (χ3v) is 1.38. The molecule has 0 aromatic rings. The van der Waals surface area contributed by atoms with E-state index in [0.717, 1.165) is 0 Å². The molecule has 1 unspecified atom stereocenters. The van der Waals surface area contributed by atoms with E-state index in [1.54, 1.807) is 6.92 Å². The lowest BCUT2D eigenvalue weighted by molar-refractivity contribution is 0.154. The van der Waals surface area contributed by atoms with Crippen LogP contribution in [0.25, 0.3) is 0 Å². The van der Waals surface area contributed by atoms with Crippen LogP contribution >= 0.6 is 10.5 Å². The minimum atomic E-state index is -0.356. The van der Waals surface area contributed by atoms with E-state index >= 15 is 0 Å². The predicted octanol–water partition coefficient (Wildman–Crippen LogP) is 1.02. The van der Waals surface area contributed by atoms with Crippen molar-refractivity contribution in [2.24, 2.45) is 0 Å². The van der Waals surface area contributed by atoms with E-state index < -0.39 is 0 Å². The summed E-state index contributed by atoms with van der Waals surface area (Å²) in [5.74, 6) is 4.32. The first-order valence-corrected chi connectivity index (χ1v) is 4.96. The molecule has 0 aromatic heterocycles. The molecule has 0 saturated heterocycles. The van der Waals surface area contributed by atoms with Gasteiger partial charge in [-0.05, 0) is 13.2 Å². The monoisotopic (exact) mass is 163 g/mol. The quantitative estimate of drug-likeness (QED) is 0.631. The first-order valence-electron chi connectivity index (χ1n) is 2.99. The summed E-state index contributed by atoms with van der Waals surface area (Å²) in [4.78, 5) is 10.6. The van der Waals surface area contributed by atoms with Gasteiger partial charge < -0.3 is 10.1 Å². The molecule has 10 heavy (non-hydrogen) atoms. The zero-order valence-electron chi connectivity index (χ0n) is 6.35. The van der Waals surface area contributed by atoms with Crippen molar-refractivity contribution >= 4 is 22.4 Å². The molecule has 4 heteroatoms. The van der Waals surface area contributed by atoms with Gasteiger partial charge in [0.2, 0.25) is 0 Å². The van der Waals surface area contributed by atoms with Gasteiger partial charge in [-0.25, -0.2) is 4.79 Å². The fourth-order valence-electron chi connectivity index (χ4n) is 0.364. The Morgan fingerprint density at radius 3 is 2.80 bits per heavy atom. The Kier molecular flexibility index (Phi) is 5.02. The first-order chi connectivity index (χ1) is 4.66. The summed E-state index contributed by atoms with van der Waals surface area (Å²) in [6.45, 7) is 2.19. The average molecular weight is 163 g/mol. The first kappa shape index (κ1) is 9.49. The number of nitrogens with one attached hydrogen (secondary N) is 1. The average Bonchev–Trinajstić information content (AvgIpc) is 1.85. The summed E-state index contributed by atoms with van der Waals surface area (Å²) in [6, 6.07) is 0. The molecule has 1 amide bonds. The largest absolute Gasteiger partial charge is 0.450 e. The minimum absolute atomic E-state index is 0.00168. The Morgan fingerprint density at radius 1 is 1.80 bits per heavy atom. The second-order valence-corrected chi connectivity index (χ2v) is 3.67. The maximum absolute atomic E-state index is 10.6. The summed E-state index contributed by atoms with van der Waals surface area (Å²) in [7, 11) is -0.00168. The van der Waals surface area contributed by atoms with Gasteiger partial charge in [-0.2, -0.15) is 10.5 Å². The van der Waals surface area contributed by atoms with Crippen molar-refractivity contribution < 1.29 is 9.53 Å². The van der Waals surface area contributed by atoms with Crippen LogP contribution in [-0.2, 0) is 4.74 Å². The molecule has 0 radical (unpaired) electrons. The van der Waals surface area contributed by atoms with Gasteiger partial charge in [0, 0.05) is 0 Å². The summed E-state index contributed by atoms with van der Waals surface area (Å²) in [5.41, 5.74) is 0. The Hall–Kier alpha value is -0.510. The Bertz CT molecular complexity index is 136. The molecule has 0 aliphatic heterocycles. The van der Waals surface area contributed by atoms with Crippen molar-refractivity contribution in [3.05, 3.63) is 0 Å². The fourth-order valence-corrected chi connectivity index (χ4v) is 0.729. The van der Waals surface area contributed by atoms with Crippen molar-refractivity contribution in [2.75, 3.05) is 18.7 Å². The van der Waals surface area contributed by atoms with Crippen LogP contribution < -0.4 is 5.32 Å². The van der Waals surface area contributed by atoms with Crippen LogP contribution in [0.4, 0.5) is 4.79 Å². The normalized spacial score (nSPS) is 12.2. The molecule has 0 aromatic carbocycles. The molecule has 60 valence electrons. The van der Waals surface area contributed by atoms with Crippen LogP contribution in [0.3, 0.4) is 0 Å². The maximum atomic E-state index is 10.6. The van der Waals surface area contributed by atoms with Gasteiger partial charge in [0.15, 0.2) is 0 Å². The second kappa shape index (κ2) is 5.29. The van der Waals surface area contributed by atoms with E-state index in [2.05, 4.69) is 15.9 Å². The SMILES string of the molecule is C=S(C)CNC(=O)OCC. The van der Waals surface area contributed by atoms with E-state index in [-0.39, 0.29) is 16.6 Å². The number of alkyl carbamates (subject to hydrolysis) is 1. The van der Waals surface area contributed by atoms with Gasteiger partial charge in [-0.3, -0.25) is 0 Å². The smallest absolute Gasteiger partial charge is 0.407 e. The predicted molar refractivity (Wildman–Crippen MR) is 45.7 cm³/mol. The van der Waals surface area contributed by atoms with Gasteiger partial charge in [-0.15, -0.1) is 0 Å². The highest BCUT2D eigenvalue weighted by Crippen LogP contribution is 1.96. The van der Waals surface area contributed by atoms with Crippen molar-refractivity contribution in [2.45, 2.75) is 6.92 Å². The third kappa shape index (κ3) is 5.62. The van der Waals surface area contributed by atoms with E-state index in [1.165, 1.54) is 0 Å². The highest BCUT2D eigenvalue weighted by atomic mass is 32.2. The van der Waals surface area contributed by atoms with Crippen LogP contribution in [0.15, 0.2) is 0 Å². The highest BCUT2D eigenvalue weighted by Gasteiger charge is 1.96. The van der Waals surface area contributed by atoms with Gasteiger partial charge in [0.25, 0.3) is 0 Å². The summed E-state index contributed by atoms with van der Waals surface area (Å²) in [6.07, 6.45) is 1.59. The summed E-state index contributed by atoms with van der Waals surface area (Å²) >= 11 is 0. The van der Waals surface area contributed by atoms with E-state index in [4.69, 9.17) is 0 Å². The molecular weight excluding hydrogens is 150 g/mol. The molecule has 0 bridgehead atoms. The van der Waals surface area contributed by atoms with Gasteiger partial charge in [0.1, 0.15) is 0 Å². The lowest BCUT2D eigenvalue weighted by atomic mass is 10.9. The number of carbonyl (C=O) groups is 1. The number of carbonyl (C=O) groups excluding carboxylic acids is 1. The number of hydrogen-bond donors (Lipinski definition) is 1. The molecule has 1 atom stereocenters. The van der Waals surface area contributed by atoms with Gasteiger partial charge >= 0.3 is 6.09 Å². The molecule has 0 fully saturated rings. The number of amides is 1.